The summed E-state index contributed by atoms with van der Waals surface area (Å²) in [6, 6.07) is 8.36. The van der Waals surface area contributed by atoms with Crippen molar-refractivity contribution < 1.29 is 31.2 Å². The molecule has 2 aromatic carbocycles. The summed E-state index contributed by atoms with van der Waals surface area (Å²) >= 11 is 0. The Balaban J connectivity index is 1.98. The highest BCUT2D eigenvalue weighted by Crippen LogP contribution is 2.45. The summed E-state index contributed by atoms with van der Waals surface area (Å²) < 4.78 is 65.2. The molecule has 2 amide bonds. The van der Waals surface area contributed by atoms with Gasteiger partial charge < -0.3 is 4.90 Å². The minimum absolute atomic E-state index is 0.0412. The van der Waals surface area contributed by atoms with Gasteiger partial charge in [0.25, 0.3) is 0 Å². The lowest BCUT2D eigenvalue weighted by Crippen LogP contribution is -2.50. The first kappa shape index (κ1) is 24.5. The fourth-order valence-electron chi connectivity index (χ4n) is 4.57. The molecule has 0 fully saturated rings. The second-order valence-corrected chi connectivity index (χ2v) is 10.4. The van der Waals surface area contributed by atoms with Gasteiger partial charge >= 0.3 is 12.2 Å². The minimum Gasteiger partial charge on any atom is -0.316 e. The molecule has 4 rings (SSSR count). The molecular weight excluding hydrogens is 483 g/mol. The zero-order valence-corrected chi connectivity index (χ0v) is 19.6. The lowest BCUT2D eigenvalue weighted by molar-refractivity contribution is -0.137. The summed E-state index contributed by atoms with van der Waals surface area (Å²) in [5.41, 5.74) is -0.339. The van der Waals surface area contributed by atoms with E-state index in [9.17, 15) is 36.4 Å². The number of hydrogen-bond donors (Lipinski definition) is 0. The van der Waals surface area contributed by atoms with Crippen LogP contribution in [-0.2, 0) is 20.8 Å². The summed E-state index contributed by atoms with van der Waals surface area (Å²) in [5.74, 6) is -0.323. The van der Waals surface area contributed by atoms with Crippen molar-refractivity contribution >= 4 is 27.3 Å². The third kappa shape index (κ3) is 4.30. The van der Waals surface area contributed by atoms with Crippen LogP contribution in [0.25, 0.3) is 0 Å². The summed E-state index contributed by atoms with van der Waals surface area (Å²) in [6.45, 7) is 0. The molecule has 1 aliphatic carbocycles. The highest BCUT2D eigenvalue weighted by atomic mass is 32.2. The maximum absolute atomic E-state index is 13.5. The maximum Gasteiger partial charge on any atom is 0.416 e. The molecule has 0 saturated heterocycles. The first-order valence-electron chi connectivity index (χ1n) is 10.6. The van der Waals surface area contributed by atoms with Crippen molar-refractivity contribution in [1.82, 2.24) is 4.90 Å². The Labute approximate surface area is 200 Å². The van der Waals surface area contributed by atoms with Gasteiger partial charge in [-0.1, -0.05) is 12.1 Å². The predicted octanol–water partition coefficient (Wildman–Crippen LogP) is 4.60. The number of nitrogens with zero attached hydrogens (tertiary/aromatic N) is 3. The summed E-state index contributed by atoms with van der Waals surface area (Å²) in [5, 5.41) is 9.23. The Morgan fingerprint density at radius 3 is 2.43 bits per heavy atom. The number of alkyl halides is 3. The second kappa shape index (κ2) is 8.53. The van der Waals surface area contributed by atoms with Crippen molar-refractivity contribution in [3.8, 4) is 6.07 Å². The smallest absolute Gasteiger partial charge is 0.316 e. The number of anilines is 1. The Morgan fingerprint density at radius 1 is 1.09 bits per heavy atom. The van der Waals surface area contributed by atoms with Crippen LogP contribution in [0.4, 0.5) is 23.7 Å². The average molecular weight is 504 g/mol. The molecule has 0 aromatic heterocycles. The van der Waals surface area contributed by atoms with Crippen molar-refractivity contribution in [2.75, 3.05) is 18.2 Å². The molecule has 0 spiro atoms. The van der Waals surface area contributed by atoms with Crippen molar-refractivity contribution in [2.45, 2.75) is 36.4 Å². The Bertz CT molecular complexity index is 1420. The number of carbonyl (C=O) groups excluding carboxylic acids is 2. The zero-order chi connectivity index (χ0) is 25.7. The SMILES string of the molecule is CN1C(=O)N(c2cccc(C(F)(F)F)c2)C2=C(C(=O)CCC2)[C@H]1c1ccc(C#N)cc1S(C)(=O)=O. The molecule has 1 heterocycles. The van der Waals surface area contributed by atoms with Crippen LogP contribution in [0.3, 0.4) is 0 Å². The number of Topliss-reactive ketones (excluding diaryl/α,β-unsaturated/α-hetero) is 1. The monoisotopic (exact) mass is 503 g/mol. The number of nitriles is 1. The van der Waals surface area contributed by atoms with E-state index in [1.807, 2.05) is 6.07 Å². The lowest BCUT2D eigenvalue weighted by atomic mass is 9.83. The molecular formula is C24H20F3N3O4S. The topological polar surface area (TPSA) is 98.5 Å². The molecule has 0 bridgehead atoms. The van der Waals surface area contributed by atoms with Crippen LogP contribution in [0.1, 0.15) is 42.0 Å². The molecule has 1 atom stereocenters. The third-order valence-corrected chi connectivity index (χ3v) is 7.27. The van der Waals surface area contributed by atoms with E-state index in [4.69, 9.17) is 0 Å². The molecule has 0 unspecified atom stereocenters. The van der Waals surface area contributed by atoms with E-state index < -0.39 is 33.6 Å². The Morgan fingerprint density at radius 2 is 1.80 bits per heavy atom. The summed E-state index contributed by atoms with van der Waals surface area (Å²) in [4.78, 5) is 28.7. The predicted molar refractivity (Wildman–Crippen MR) is 120 cm³/mol. The van der Waals surface area contributed by atoms with Crippen LogP contribution in [0, 0.1) is 11.3 Å². The maximum atomic E-state index is 13.5. The van der Waals surface area contributed by atoms with E-state index in [0.717, 1.165) is 28.2 Å². The largest absolute Gasteiger partial charge is 0.416 e. The number of likely N-dealkylation sites (N-methyl/N-ethyl adjacent to an activating group) is 1. The fourth-order valence-corrected chi connectivity index (χ4v) is 5.52. The summed E-state index contributed by atoms with van der Waals surface area (Å²) in [7, 11) is -2.50. The first-order valence-corrected chi connectivity index (χ1v) is 12.5. The molecule has 182 valence electrons. The number of amides is 2. The standard InChI is InChI=1S/C24H20F3N3O4S/c1-29-22(17-10-9-14(13-28)11-20(17)35(2,33)34)21-18(7-4-8-19(21)31)30(23(29)32)16-6-3-5-15(12-16)24(25,26)27/h3,5-6,9-12,22H,4,7-8H2,1-2H3/t22-/m1/s1. The number of carbonyl (C=O) groups is 2. The Kier molecular flexibility index (Phi) is 5.97. The van der Waals surface area contributed by atoms with E-state index in [0.29, 0.717) is 6.42 Å². The third-order valence-electron chi connectivity index (χ3n) is 6.12. The number of halogens is 3. The molecule has 35 heavy (non-hydrogen) atoms. The molecule has 11 heteroatoms. The van der Waals surface area contributed by atoms with Gasteiger partial charge in [0.15, 0.2) is 15.6 Å². The molecule has 0 saturated carbocycles. The zero-order valence-electron chi connectivity index (χ0n) is 18.8. The molecule has 0 N–H and O–H groups in total. The number of sulfone groups is 1. The van der Waals surface area contributed by atoms with Gasteiger partial charge in [0, 0.05) is 31.0 Å². The van der Waals surface area contributed by atoms with Crippen LogP contribution in [0.5, 0.6) is 0 Å². The van der Waals surface area contributed by atoms with Crippen LogP contribution in [-0.4, -0.2) is 38.4 Å². The minimum atomic E-state index is -4.63. The quantitative estimate of drug-likeness (QED) is 0.610. The second-order valence-electron chi connectivity index (χ2n) is 8.45. The van der Waals surface area contributed by atoms with Crippen LogP contribution in [0.15, 0.2) is 58.6 Å². The van der Waals surface area contributed by atoms with Gasteiger partial charge in [-0.15, -0.1) is 0 Å². The van der Waals surface area contributed by atoms with Gasteiger partial charge in [-0.25, -0.2) is 13.2 Å². The Hall–Kier alpha value is -3.65. The van der Waals surface area contributed by atoms with Crippen molar-refractivity contribution in [2.24, 2.45) is 0 Å². The molecule has 1 aliphatic heterocycles. The van der Waals surface area contributed by atoms with Gasteiger partial charge in [-0.2, -0.15) is 18.4 Å². The van der Waals surface area contributed by atoms with Crippen molar-refractivity contribution in [1.29, 1.82) is 5.26 Å². The van der Waals surface area contributed by atoms with E-state index >= 15 is 0 Å². The van der Waals surface area contributed by atoms with Gasteiger partial charge in [0.2, 0.25) is 0 Å². The average Bonchev–Trinajstić information content (AvgIpc) is 2.79. The number of rotatable bonds is 3. The normalized spacial score (nSPS) is 19.0. The van der Waals surface area contributed by atoms with Crippen LogP contribution < -0.4 is 4.90 Å². The number of ketones is 1. The van der Waals surface area contributed by atoms with Gasteiger partial charge in [-0.3, -0.25) is 9.69 Å². The van der Waals surface area contributed by atoms with Crippen molar-refractivity contribution in [3.63, 3.8) is 0 Å². The highest BCUT2D eigenvalue weighted by molar-refractivity contribution is 7.90. The van der Waals surface area contributed by atoms with E-state index in [1.54, 1.807) is 0 Å². The lowest BCUT2D eigenvalue weighted by Gasteiger charge is -2.44. The number of hydrogen-bond acceptors (Lipinski definition) is 5. The molecule has 2 aromatic rings. The number of benzene rings is 2. The van der Waals surface area contributed by atoms with Crippen LogP contribution in [0.2, 0.25) is 0 Å². The highest BCUT2D eigenvalue weighted by Gasteiger charge is 2.44. The van der Waals surface area contributed by atoms with Gasteiger partial charge in [0.05, 0.1) is 33.8 Å². The number of allylic oxidation sites excluding steroid dienone is 1. The molecule has 2 aliphatic rings. The first-order chi connectivity index (χ1) is 16.3. The van der Waals surface area contributed by atoms with Crippen LogP contribution >= 0.6 is 0 Å². The van der Waals surface area contributed by atoms with E-state index in [2.05, 4.69) is 0 Å². The number of urea groups is 1. The summed E-state index contributed by atoms with van der Waals surface area (Å²) in [6.07, 6.45) is -2.88. The van der Waals surface area contributed by atoms with Gasteiger partial charge in [0.1, 0.15) is 0 Å². The van der Waals surface area contributed by atoms with Crippen molar-refractivity contribution in [3.05, 3.63) is 70.4 Å². The fraction of sp³-hybridized carbons (Fsp3) is 0.292. The molecule has 7 nitrogen and oxygen atoms in total. The van der Waals surface area contributed by atoms with E-state index in [-0.39, 0.29) is 51.6 Å². The van der Waals surface area contributed by atoms with Gasteiger partial charge in [-0.05, 0) is 48.7 Å². The molecule has 0 radical (unpaired) electrons. The van der Waals surface area contributed by atoms with E-state index in [1.165, 1.54) is 37.4 Å².